The lowest BCUT2D eigenvalue weighted by Crippen LogP contribution is -2.40. The minimum Gasteiger partial charge on any atom is -0.484 e. The van der Waals surface area contributed by atoms with Crippen molar-refractivity contribution in [3.63, 3.8) is 0 Å². The van der Waals surface area contributed by atoms with E-state index in [1.807, 2.05) is 20.8 Å². The van der Waals surface area contributed by atoms with Gasteiger partial charge < -0.3 is 15.2 Å². The number of aryl methyl sites for hydroxylation is 1. The van der Waals surface area contributed by atoms with Gasteiger partial charge >= 0.3 is 0 Å². The van der Waals surface area contributed by atoms with Gasteiger partial charge in [-0.25, -0.2) is 0 Å². The summed E-state index contributed by atoms with van der Waals surface area (Å²) in [6.45, 7) is 5.82. The zero-order valence-corrected chi connectivity index (χ0v) is 12.9. The van der Waals surface area contributed by atoms with Crippen LogP contribution in [0.25, 0.3) is 0 Å². The third kappa shape index (κ3) is 5.80. The highest BCUT2D eigenvalue weighted by Crippen LogP contribution is 2.21. The van der Waals surface area contributed by atoms with Gasteiger partial charge in [0.1, 0.15) is 5.75 Å². The van der Waals surface area contributed by atoms with E-state index in [9.17, 15) is 9.90 Å². The predicted octanol–water partition coefficient (Wildman–Crippen LogP) is 2.55. The number of nitrogens with one attached hydrogen (secondary N) is 1. The fourth-order valence-corrected chi connectivity index (χ4v) is 2.16. The Labute approximate surface area is 125 Å². The number of rotatable bonds is 7. The van der Waals surface area contributed by atoms with Crippen molar-refractivity contribution in [1.82, 2.24) is 5.32 Å². The van der Waals surface area contributed by atoms with Crippen LogP contribution in [0, 0.1) is 12.8 Å². The molecule has 0 heterocycles. The second-order valence-electron chi connectivity index (χ2n) is 5.28. The van der Waals surface area contributed by atoms with Gasteiger partial charge in [-0.05, 0) is 43.0 Å². The van der Waals surface area contributed by atoms with Crippen LogP contribution in [0.4, 0.5) is 0 Å². The number of hydrogen-bond acceptors (Lipinski definition) is 3. The van der Waals surface area contributed by atoms with E-state index in [0.29, 0.717) is 16.7 Å². The molecule has 20 heavy (non-hydrogen) atoms. The summed E-state index contributed by atoms with van der Waals surface area (Å²) in [4.78, 5) is 11.8. The number of carbonyl (C=O) groups is 1. The molecular formula is C15H22ClNO3. The quantitative estimate of drug-likeness (QED) is 0.813. The third-order valence-corrected chi connectivity index (χ3v) is 3.07. The fraction of sp³-hybridized carbons (Fsp3) is 0.533. The number of amides is 1. The van der Waals surface area contributed by atoms with E-state index < -0.39 is 0 Å². The Morgan fingerprint density at radius 2 is 2.15 bits per heavy atom. The number of hydrogen-bond donors (Lipinski definition) is 2. The summed E-state index contributed by atoms with van der Waals surface area (Å²) >= 11 is 5.85. The molecule has 1 amide bonds. The third-order valence-electron chi connectivity index (χ3n) is 2.84. The van der Waals surface area contributed by atoms with E-state index >= 15 is 0 Å². The van der Waals surface area contributed by atoms with Crippen molar-refractivity contribution in [2.24, 2.45) is 5.92 Å². The molecule has 0 saturated carbocycles. The molecule has 0 aromatic heterocycles. The molecule has 4 nitrogen and oxygen atoms in total. The summed E-state index contributed by atoms with van der Waals surface area (Å²) in [5.41, 5.74) is 0.881. The maximum Gasteiger partial charge on any atom is 0.258 e. The summed E-state index contributed by atoms with van der Waals surface area (Å²) in [5, 5.41) is 12.6. The molecule has 0 fully saturated rings. The van der Waals surface area contributed by atoms with Crippen molar-refractivity contribution >= 4 is 17.5 Å². The van der Waals surface area contributed by atoms with Crippen LogP contribution in [0.1, 0.15) is 25.8 Å². The first-order valence-corrected chi connectivity index (χ1v) is 7.09. The molecular weight excluding hydrogens is 278 g/mol. The summed E-state index contributed by atoms with van der Waals surface area (Å²) in [5.74, 6) is 0.805. The second-order valence-corrected chi connectivity index (χ2v) is 5.71. The van der Waals surface area contributed by atoms with E-state index in [4.69, 9.17) is 16.3 Å². The van der Waals surface area contributed by atoms with Crippen molar-refractivity contribution < 1.29 is 14.6 Å². The second kappa shape index (κ2) is 8.12. The largest absolute Gasteiger partial charge is 0.484 e. The normalized spacial score (nSPS) is 12.3. The minimum atomic E-state index is -0.237. The monoisotopic (exact) mass is 299 g/mol. The fourth-order valence-electron chi connectivity index (χ4n) is 1.94. The van der Waals surface area contributed by atoms with Gasteiger partial charge in [-0.2, -0.15) is 0 Å². The standard InChI is InChI=1S/C15H22ClNO3/c1-10(2)6-13(8-18)17-15(19)9-20-14-5-4-12(16)7-11(14)3/h4-5,7,10,13,18H,6,8-9H2,1-3H3,(H,17,19). The molecule has 0 aliphatic carbocycles. The van der Waals surface area contributed by atoms with Crippen molar-refractivity contribution in [1.29, 1.82) is 0 Å². The lowest BCUT2D eigenvalue weighted by atomic mass is 10.0. The van der Waals surface area contributed by atoms with E-state index in [2.05, 4.69) is 5.32 Å². The van der Waals surface area contributed by atoms with Gasteiger partial charge in [-0.15, -0.1) is 0 Å². The number of carbonyl (C=O) groups excluding carboxylic acids is 1. The molecule has 1 unspecified atom stereocenters. The summed E-state index contributed by atoms with van der Waals surface area (Å²) in [6, 6.07) is 5.02. The molecule has 5 heteroatoms. The molecule has 1 aromatic rings. The lowest BCUT2D eigenvalue weighted by molar-refractivity contribution is -0.124. The van der Waals surface area contributed by atoms with Crippen molar-refractivity contribution in [3.8, 4) is 5.75 Å². The summed E-state index contributed by atoms with van der Waals surface area (Å²) in [6.07, 6.45) is 0.738. The number of benzene rings is 1. The molecule has 0 bridgehead atoms. The van der Waals surface area contributed by atoms with E-state index in [1.165, 1.54) is 0 Å². The molecule has 0 saturated heterocycles. The minimum absolute atomic E-state index is 0.0656. The van der Waals surface area contributed by atoms with Crippen LogP contribution in [0.2, 0.25) is 5.02 Å². The Hall–Kier alpha value is -1.26. The number of aliphatic hydroxyl groups excluding tert-OH is 1. The average Bonchev–Trinajstić information content (AvgIpc) is 2.36. The maximum atomic E-state index is 11.8. The Bertz CT molecular complexity index is 449. The molecule has 2 N–H and O–H groups in total. The molecule has 0 aliphatic heterocycles. The highest BCUT2D eigenvalue weighted by Gasteiger charge is 2.13. The summed E-state index contributed by atoms with van der Waals surface area (Å²) in [7, 11) is 0. The van der Waals surface area contributed by atoms with Gasteiger partial charge in [0.2, 0.25) is 0 Å². The van der Waals surface area contributed by atoms with Gasteiger partial charge in [-0.1, -0.05) is 25.4 Å². The zero-order valence-electron chi connectivity index (χ0n) is 12.1. The van der Waals surface area contributed by atoms with E-state index in [0.717, 1.165) is 12.0 Å². The molecule has 0 radical (unpaired) electrons. The molecule has 0 aliphatic rings. The topological polar surface area (TPSA) is 58.6 Å². The number of aliphatic hydroxyl groups is 1. The lowest BCUT2D eigenvalue weighted by Gasteiger charge is -2.18. The predicted molar refractivity (Wildman–Crippen MR) is 80.2 cm³/mol. The average molecular weight is 300 g/mol. The molecule has 1 rings (SSSR count). The van der Waals surface area contributed by atoms with Crippen LogP contribution in [0.15, 0.2) is 18.2 Å². The Balaban J connectivity index is 2.46. The summed E-state index contributed by atoms with van der Waals surface area (Å²) < 4.78 is 5.45. The first-order valence-electron chi connectivity index (χ1n) is 6.71. The molecule has 1 aromatic carbocycles. The number of ether oxygens (including phenoxy) is 1. The first-order chi connectivity index (χ1) is 9.42. The van der Waals surface area contributed by atoms with Gasteiger partial charge in [-0.3, -0.25) is 4.79 Å². The van der Waals surface area contributed by atoms with Crippen molar-refractivity contribution in [2.75, 3.05) is 13.2 Å². The maximum absolute atomic E-state index is 11.8. The smallest absolute Gasteiger partial charge is 0.258 e. The van der Waals surface area contributed by atoms with Crippen LogP contribution >= 0.6 is 11.6 Å². The van der Waals surface area contributed by atoms with Gasteiger partial charge in [0.15, 0.2) is 6.61 Å². The van der Waals surface area contributed by atoms with Crippen molar-refractivity contribution in [3.05, 3.63) is 28.8 Å². The number of halogens is 1. The van der Waals surface area contributed by atoms with E-state index in [-0.39, 0.29) is 25.2 Å². The highest BCUT2D eigenvalue weighted by molar-refractivity contribution is 6.30. The van der Waals surface area contributed by atoms with E-state index in [1.54, 1.807) is 18.2 Å². The van der Waals surface area contributed by atoms with Crippen LogP contribution in [-0.4, -0.2) is 30.3 Å². The molecule has 112 valence electrons. The van der Waals surface area contributed by atoms with Crippen molar-refractivity contribution in [2.45, 2.75) is 33.2 Å². The Morgan fingerprint density at radius 3 is 2.70 bits per heavy atom. The van der Waals surface area contributed by atoms with Crippen LogP contribution in [0.5, 0.6) is 5.75 Å². The van der Waals surface area contributed by atoms with Gasteiger partial charge in [0, 0.05) is 5.02 Å². The zero-order chi connectivity index (χ0) is 15.1. The highest BCUT2D eigenvalue weighted by atomic mass is 35.5. The Kier molecular flexibility index (Phi) is 6.82. The SMILES string of the molecule is Cc1cc(Cl)ccc1OCC(=O)NC(CO)CC(C)C. The van der Waals surface area contributed by atoms with Gasteiger partial charge in [0.05, 0.1) is 12.6 Å². The van der Waals surface area contributed by atoms with Gasteiger partial charge in [0.25, 0.3) is 5.91 Å². The van der Waals surface area contributed by atoms with Crippen LogP contribution in [-0.2, 0) is 4.79 Å². The molecule has 0 spiro atoms. The van der Waals surface area contributed by atoms with Crippen LogP contribution in [0.3, 0.4) is 0 Å². The van der Waals surface area contributed by atoms with Crippen LogP contribution < -0.4 is 10.1 Å². The molecule has 1 atom stereocenters. The Morgan fingerprint density at radius 1 is 1.45 bits per heavy atom. The first kappa shape index (κ1) is 16.8.